The average molecular weight is 312 g/mol. The Labute approximate surface area is 132 Å². The lowest BCUT2D eigenvalue weighted by Gasteiger charge is -2.15. The van der Waals surface area contributed by atoms with E-state index < -0.39 is 23.8 Å². The quantitative estimate of drug-likeness (QED) is 0.744. The molecule has 0 radical (unpaired) electrons. The van der Waals surface area contributed by atoms with Gasteiger partial charge in [-0.15, -0.1) is 0 Å². The van der Waals surface area contributed by atoms with Crippen LogP contribution in [0.1, 0.15) is 26.3 Å². The Bertz CT molecular complexity index is 711. The van der Waals surface area contributed by atoms with Gasteiger partial charge in [0.25, 0.3) is 5.91 Å². The maximum absolute atomic E-state index is 12.2. The van der Waals surface area contributed by atoms with Crippen molar-refractivity contribution in [3.63, 3.8) is 0 Å². The number of rotatable bonds is 6. The van der Waals surface area contributed by atoms with E-state index in [-0.39, 0.29) is 17.5 Å². The van der Waals surface area contributed by atoms with Crippen molar-refractivity contribution in [3.05, 3.63) is 71.3 Å². The van der Waals surface area contributed by atoms with Gasteiger partial charge in [-0.2, -0.15) is 0 Å². The van der Waals surface area contributed by atoms with Gasteiger partial charge in [0.15, 0.2) is 0 Å². The van der Waals surface area contributed by atoms with Crippen LogP contribution in [0.3, 0.4) is 0 Å². The Kier molecular flexibility index (Phi) is 5.09. The predicted octanol–water partition coefficient (Wildman–Crippen LogP) is 1.21. The van der Waals surface area contributed by atoms with Crippen LogP contribution >= 0.6 is 0 Å². The summed E-state index contributed by atoms with van der Waals surface area (Å²) in [6.45, 7) is 0. The van der Waals surface area contributed by atoms with Crippen molar-refractivity contribution >= 4 is 17.8 Å². The number of amides is 2. The van der Waals surface area contributed by atoms with Gasteiger partial charge in [0.2, 0.25) is 5.91 Å². The molecule has 6 heteroatoms. The molecule has 0 aliphatic rings. The van der Waals surface area contributed by atoms with Gasteiger partial charge in [0.05, 0.1) is 5.56 Å². The standard InChI is InChI=1S/C17H16N2O4/c18-15(20)14(10-11-4-2-1-3-5-11)19-16(21)12-6-8-13(9-7-12)17(22)23/h1-9,14H,10H2,(H2,18,20)(H,19,21)(H,22,23). The lowest BCUT2D eigenvalue weighted by atomic mass is 10.0. The minimum atomic E-state index is -1.07. The molecular formula is C17H16N2O4. The average Bonchev–Trinajstić information content (AvgIpc) is 2.55. The van der Waals surface area contributed by atoms with E-state index in [2.05, 4.69) is 5.32 Å². The second-order valence-electron chi connectivity index (χ2n) is 5.00. The largest absolute Gasteiger partial charge is 0.478 e. The molecular weight excluding hydrogens is 296 g/mol. The first-order chi connectivity index (χ1) is 11.0. The number of hydrogen-bond acceptors (Lipinski definition) is 3. The third-order valence-electron chi connectivity index (χ3n) is 3.33. The summed E-state index contributed by atoms with van der Waals surface area (Å²) >= 11 is 0. The number of carboxylic acids is 1. The molecule has 0 saturated heterocycles. The van der Waals surface area contributed by atoms with Crippen LogP contribution in [0.4, 0.5) is 0 Å². The van der Waals surface area contributed by atoms with Gasteiger partial charge in [0.1, 0.15) is 6.04 Å². The summed E-state index contributed by atoms with van der Waals surface area (Å²) in [5.74, 6) is -2.19. The minimum absolute atomic E-state index is 0.0808. The first-order valence-electron chi connectivity index (χ1n) is 6.95. The Morgan fingerprint density at radius 3 is 2.04 bits per heavy atom. The zero-order valence-corrected chi connectivity index (χ0v) is 12.2. The molecule has 0 spiro atoms. The second-order valence-corrected chi connectivity index (χ2v) is 5.00. The number of nitrogens with two attached hydrogens (primary N) is 1. The van der Waals surface area contributed by atoms with E-state index in [0.717, 1.165) is 5.56 Å². The third kappa shape index (κ3) is 4.41. The van der Waals surface area contributed by atoms with Gasteiger partial charge >= 0.3 is 5.97 Å². The molecule has 0 aliphatic carbocycles. The summed E-state index contributed by atoms with van der Waals surface area (Å²) in [6.07, 6.45) is 0.287. The number of carbonyl (C=O) groups is 3. The van der Waals surface area contributed by atoms with Gasteiger partial charge < -0.3 is 16.2 Å². The molecule has 2 rings (SSSR count). The highest BCUT2D eigenvalue weighted by molar-refractivity contribution is 5.98. The topological polar surface area (TPSA) is 109 Å². The third-order valence-corrected chi connectivity index (χ3v) is 3.33. The Morgan fingerprint density at radius 2 is 1.52 bits per heavy atom. The lowest BCUT2D eigenvalue weighted by Crippen LogP contribution is -2.45. The zero-order valence-electron chi connectivity index (χ0n) is 12.2. The summed E-state index contributed by atoms with van der Waals surface area (Å²) in [4.78, 5) is 34.5. The summed E-state index contributed by atoms with van der Waals surface area (Å²) in [5.41, 5.74) is 6.56. The monoisotopic (exact) mass is 312 g/mol. The molecule has 0 heterocycles. The number of carboxylic acid groups (broad SMARTS) is 1. The summed E-state index contributed by atoms with van der Waals surface area (Å²) in [6, 6.07) is 13.8. The van der Waals surface area contributed by atoms with Crippen molar-refractivity contribution in [3.8, 4) is 0 Å². The highest BCUT2D eigenvalue weighted by Crippen LogP contribution is 2.07. The van der Waals surface area contributed by atoms with Crippen molar-refractivity contribution in [1.82, 2.24) is 5.32 Å². The molecule has 1 unspecified atom stereocenters. The first kappa shape index (κ1) is 16.2. The molecule has 0 fully saturated rings. The van der Waals surface area contributed by atoms with Crippen molar-refractivity contribution < 1.29 is 19.5 Å². The lowest BCUT2D eigenvalue weighted by molar-refractivity contribution is -0.119. The number of nitrogens with one attached hydrogen (secondary N) is 1. The van der Waals surface area contributed by atoms with Crippen LogP contribution in [0, 0.1) is 0 Å². The number of hydrogen-bond donors (Lipinski definition) is 3. The number of carbonyl (C=O) groups excluding carboxylic acids is 2. The van der Waals surface area contributed by atoms with E-state index in [1.807, 2.05) is 30.3 Å². The van der Waals surface area contributed by atoms with Crippen molar-refractivity contribution in [2.24, 2.45) is 5.73 Å². The molecule has 2 aromatic carbocycles. The van der Waals surface area contributed by atoms with E-state index >= 15 is 0 Å². The normalized spacial score (nSPS) is 11.5. The van der Waals surface area contributed by atoms with Crippen molar-refractivity contribution in [2.45, 2.75) is 12.5 Å². The molecule has 0 bridgehead atoms. The molecule has 0 saturated carbocycles. The molecule has 4 N–H and O–H groups in total. The number of benzene rings is 2. The van der Waals surface area contributed by atoms with Gasteiger partial charge in [-0.25, -0.2) is 4.79 Å². The zero-order chi connectivity index (χ0) is 16.8. The van der Waals surface area contributed by atoms with Crippen LogP contribution in [0.2, 0.25) is 0 Å². The Hall–Kier alpha value is -3.15. The van der Waals surface area contributed by atoms with Gasteiger partial charge in [-0.1, -0.05) is 30.3 Å². The number of primary amides is 1. The summed E-state index contributed by atoms with van der Waals surface area (Å²) < 4.78 is 0. The van der Waals surface area contributed by atoms with E-state index in [1.165, 1.54) is 24.3 Å². The fourth-order valence-electron chi connectivity index (χ4n) is 2.08. The SMILES string of the molecule is NC(=O)C(Cc1ccccc1)NC(=O)c1ccc(C(=O)O)cc1. The molecule has 1 atom stereocenters. The van der Waals surface area contributed by atoms with Crippen molar-refractivity contribution in [2.75, 3.05) is 0 Å². The Balaban J connectivity index is 2.08. The van der Waals surface area contributed by atoms with Crippen molar-refractivity contribution in [1.29, 1.82) is 0 Å². The molecule has 23 heavy (non-hydrogen) atoms. The van der Waals surface area contributed by atoms with Crippen LogP contribution in [0.5, 0.6) is 0 Å². The van der Waals surface area contributed by atoms with Gasteiger partial charge in [0, 0.05) is 12.0 Å². The summed E-state index contributed by atoms with van der Waals surface area (Å²) in [7, 11) is 0. The molecule has 2 amide bonds. The van der Waals surface area contributed by atoms with E-state index in [1.54, 1.807) is 0 Å². The van der Waals surface area contributed by atoms with Gasteiger partial charge in [-0.05, 0) is 29.8 Å². The molecule has 6 nitrogen and oxygen atoms in total. The molecule has 2 aromatic rings. The maximum atomic E-state index is 12.2. The smallest absolute Gasteiger partial charge is 0.335 e. The fourth-order valence-corrected chi connectivity index (χ4v) is 2.08. The summed E-state index contributed by atoms with van der Waals surface area (Å²) in [5, 5.41) is 11.4. The molecule has 0 aromatic heterocycles. The predicted molar refractivity (Wildman–Crippen MR) is 84.0 cm³/mol. The number of aromatic carboxylic acids is 1. The fraction of sp³-hybridized carbons (Fsp3) is 0.118. The van der Waals surface area contributed by atoms with Gasteiger partial charge in [-0.3, -0.25) is 9.59 Å². The van der Waals surface area contributed by atoms with Crippen LogP contribution in [0.25, 0.3) is 0 Å². The van der Waals surface area contributed by atoms with E-state index in [4.69, 9.17) is 10.8 Å². The second kappa shape index (κ2) is 7.22. The van der Waals surface area contributed by atoms with Crippen LogP contribution in [0.15, 0.2) is 54.6 Å². The Morgan fingerprint density at radius 1 is 0.957 bits per heavy atom. The highest BCUT2D eigenvalue weighted by Gasteiger charge is 2.19. The minimum Gasteiger partial charge on any atom is -0.478 e. The van der Waals surface area contributed by atoms with E-state index in [9.17, 15) is 14.4 Å². The maximum Gasteiger partial charge on any atom is 0.335 e. The van der Waals surface area contributed by atoms with Crippen LogP contribution in [-0.2, 0) is 11.2 Å². The van der Waals surface area contributed by atoms with Crippen LogP contribution < -0.4 is 11.1 Å². The van der Waals surface area contributed by atoms with E-state index in [0.29, 0.717) is 0 Å². The highest BCUT2D eigenvalue weighted by atomic mass is 16.4. The molecule has 118 valence electrons. The van der Waals surface area contributed by atoms with Crippen LogP contribution in [-0.4, -0.2) is 28.9 Å². The molecule has 0 aliphatic heterocycles. The first-order valence-corrected chi connectivity index (χ1v) is 6.95.